The van der Waals surface area contributed by atoms with E-state index < -0.39 is 0 Å². The fourth-order valence-electron chi connectivity index (χ4n) is 1.65. The van der Waals surface area contributed by atoms with E-state index in [1.165, 1.54) is 19.3 Å². The molecule has 4 nitrogen and oxygen atoms in total. The van der Waals surface area contributed by atoms with Gasteiger partial charge in [-0.15, -0.1) is 0 Å². The molecule has 0 fully saturated rings. The van der Waals surface area contributed by atoms with Crippen molar-refractivity contribution in [3.8, 4) is 0 Å². The zero-order valence-electron chi connectivity index (χ0n) is 10.4. The van der Waals surface area contributed by atoms with Gasteiger partial charge in [-0.1, -0.05) is 25.6 Å². The Morgan fingerprint density at radius 1 is 1.50 bits per heavy atom. The van der Waals surface area contributed by atoms with Gasteiger partial charge in [0, 0.05) is 18.8 Å². The lowest BCUT2D eigenvalue weighted by molar-refractivity contribution is 0.477. The highest BCUT2D eigenvalue weighted by Gasteiger charge is 2.05. The highest BCUT2D eigenvalue weighted by atomic mass is 32.2. The third-order valence-electron chi connectivity index (χ3n) is 2.58. The lowest BCUT2D eigenvalue weighted by Gasteiger charge is -2.14. The number of hydrogen-bond donors (Lipinski definition) is 1. The lowest BCUT2D eigenvalue weighted by atomic mass is 10.1. The van der Waals surface area contributed by atoms with E-state index in [4.69, 9.17) is 0 Å². The lowest BCUT2D eigenvalue weighted by Crippen LogP contribution is -2.28. The first-order valence-corrected chi connectivity index (χ1v) is 6.96. The Labute approximate surface area is 102 Å². The maximum Gasteiger partial charge on any atom is 0.185 e. The van der Waals surface area contributed by atoms with Crippen molar-refractivity contribution in [2.24, 2.45) is 7.05 Å². The van der Waals surface area contributed by atoms with E-state index in [9.17, 15) is 0 Å². The molecule has 0 aliphatic rings. The average molecular weight is 242 g/mol. The summed E-state index contributed by atoms with van der Waals surface area (Å²) in [6.45, 7) is 5.47. The minimum atomic E-state index is 0.671. The molecule has 5 heteroatoms. The molecule has 0 saturated carbocycles. The molecule has 1 rings (SSSR count). The molecule has 16 heavy (non-hydrogen) atoms. The van der Waals surface area contributed by atoms with Gasteiger partial charge in [-0.2, -0.15) is 5.10 Å². The van der Waals surface area contributed by atoms with Crippen molar-refractivity contribution >= 4 is 11.8 Å². The fraction of sp³-hybridized carbons (Fsp3) is 0.818. The van der Waals surface area contributed by atoms with E-state index in [1.807, 2.05) is 11.7 Å². The summed E-state index contributed by atoms with van der Waals surface area (Å²) in [4.78, 5) is 4.19. The first-order chi connectivity index (χ1) is 7.77. The minimum absolute atomic E-state index is 0.671. The predicted molar refractivity (Wildman–Crippen MR) is 68.7 cm³/mol. The summed E-state index contributed by atoms with van der Waals surface area (Å²) in [5.74, 6) is 1.12. The number of nitrogens with zero attached hydrogens (tertiary/aromatic N) is 3. The largest absolute Gasteiger partial charge is 0.314 e. The van der Waals surface area contributed by atoms with Crippen LogP contribution in [0.2, 0.25) is 0 Å². The molecule has 0 aliphatic heterocycles. The van der Waals surface area contributed by atoms with Crippen LogP contribution in [0.15, 0.2) is 11.5 Å². The number of aromatic nitrogens is 3. The van der Waals surface area contributed by atoms with Crippen molar-refractivity contribution < 1.29 is 0 Å². The predicted octanol–water partition coefficient (Wildman–Crippen LogP) is 2.08. The summed E-state index contributed by atoms with van der Waals surface area (Å²) >= 11 is 1.79. The van der Waals surface area contributed by atoms with Gasteiger partial charge in [0.05, 0.1) is 0 Å². The zero-order chi connectivity index (χ0) is 11.8. The van der Waals surface area contributed by atoms with E-state index in [0.29, 0.717) is 6.04 Å². The molecule has 0 radical (unpaired) electrons. The van der Waals surface area contributed by atoms with Crippen LogP contribution in [-0.4, -0.2) is 33.1 Å². The summed E-state index contributed by atoms with van der Waals surface area (Å²) in [7, 11) is 1.93. The molecule has 0 spiro atoms. The number of hydrogen-bond acceptors (Lipinski definition) is 4. The van der Waals surface area contributed by atoms with Crippen LogP contribution >= 0.6 is 11.8 Å². The van der Waals surface area contributed by atoms with Gasteiger partial charge in [0.25, 0.3) is 0 Å². The maximum atomic E-state index is 4.19. The van der Waals surface area contributed by atoms with Crippen LogP contribution in [0.25, 0.3) is 0 Å². The second-order valence-corrected chi connectivity index (χ2v) is 4.88. The molecule has 1 N–H and O–H groups in total. The molecular formula is C11H22N4S. The number of thioether (sulfide) groups is 1. The summed E-state index contributed by atoms with van der Waals surface area (Å²) in [6.07, 6.45) is 5.29. The number of aryl methyl sites for hydroxylation is 1. The minimum Gasteiger partial charge on any atom is -0.314 e. The quantitative estimate of drug-likeness (QED) is 0.560. The van der Waals surface area contributed by atoms with Gasteiger partial charge >= 0.3 is 0 Å². The van der Waals surface area contributed by atoms with E-state index in [0.717, 1.165) is 17.5 Å². The van der Waals surface area contributed by atoms with Crippen molar-refractivity contribution in [1.82, 2.24) is 20.1 Å². The molecule has 1 heterocycles. The first kappa shape index (κ1) is 13.5. The molecular weight excluding hydrogens is 220 g/mol. The van der Waals surface area contributed by atoms with Gasteiger partial charge < -0.3 is 5.32 Å². The Kier molecular flexibility index (Phi) is 6.49. The van der Waals surface area contributed by atoms with Crippen LogP contribution < -0.4 is 5.32 Å². The molecule has 0 aliphatic carbocycles. The van der Waals surface area contributed by atoms with Crippen LogP contribution in [0.4, 0.5) is 0 Å². The molecule has 0 aromatic carbocycles. The van der Waals surface area contributed by atoms with Gasteiger partial charge in [-0.05, 0) is 25.8 Å². The Bertz CT molecular complexity index is 287. The van der Waals surface area contributed by atoms with Crippen LogP contribution in [0.5, 0.6) is 0 Å². The average Bonchev–Trinajstić information content (AvgIpc) is 2.69. The summed E-state index contributed by atoms with van der Waals surface area (Å²) in [6, 6.07) is 0.671. The SMILES string of the molecule is CCNC(CC)CCCSc1ncnn1C. The second kappa shape index (κ2) is 7.68. The van der Waals surface area contributed by atoms with Crippen molar-refractivity contribution in [3.63, 3.8) is 0 Å². The summed E-state index contributed by atoms with van der Waals surface area (Å²) < 4.78 is 1.83. The number of nitrogens with one attached hydrogen (secondary N) is 1. The van der Waals surface area contributed by atoms with Crippen LogP contribution in [0, 0.1) is 0 Å². The van der Waals surface area contributed by atoms with Crippen LogP contribution in [-0.2, 0) is 7.05 Å². The summed E-state index contributed by atoms with van der Waals surface area (Å²) in [5.41, 5.74) is 0. The zero-order valence-corrected chi connectivity index (χ0v) is 11.3. The Hall–Kier alpha value is -0.550. The standard InChI is InChI=1S/C11H22N4S/c1-4-10(12-5-2)7-6-8-16-11-13-9-14-15(11)3/h9-10,12H,4-8H2,1-3H3. The first-order valence-electron chi connectivity index (χ1n) is 5.98. The smallest absolute Gasteiger partial charge is 0.185 e. The number of rotatable bonds is 8. The molecule has 1 aromatic heterocycles. The van der Waals surface area contributed by atoms with Crippen molar-refractivity contribution in [2.45, 2.75) is 44.3 Å². The van der Waals surface area contributed by atoms with E-state index in [-0.39, 0.29) is 0 Å². The van der Waals surface area contributed by atoms with Gasteiger partial charge in [0.15, 0.2) is 5.16 Å². The monoisotopic (exact) mass is 242 g/mol. The van der Waals surface area contributed by atoms with Gasteiger partial charge in [-0.3, -0.25) is 0 Å². The topological polar surface area (TPSA) is 42.7 Å². The van der Waals surface area contributed by atoms with Crippen molar-refractivity contribution in [2.75, 3.05) is 12.3 Å². The molecule has 1 aromatic rings. The molecule has 0 amide bonds. The molecule has 0 bridgehead atoms. The van der Waals surface area contributed by atoms with Crippen LogP contribution in [0.1, 0.15) is 33.1 Å². The Morgan fingerprint density at radius 3 is 2.88 bits per heavy atom. The van der Waals surface area contributed by atoms with E-state index in [1.54, 1.807) is 18.1 Å². The molecule has 0 saturated heterocycles. The van der Waals surface area contributed by atoms with Gasteiger partial charge in [0.2, 0.25) is 0 Å². The molecule has 1 unspecified atom stereocenters. The fourth-order valence-corrected chi connectivity index (χ4v) is 2.50. The summed E-state index contributed by atoms with van der Waals surface area (Å²) in [5, 5.41) is 8.55. The highest BCUT2D eigenvalue weighted by Crippen LogP contribution is 2.16. The van der Waals surface area contributed by atoms with Crippen molar-refractivity contribution in [1.29, 1.82) is 0 Å². The highest BCUT2D eigenvalue weighted by molar-refractivity contribution is 7.99. The second-order valence-electron chi connectivity index (χ2n) is 3.82. The molecule has 92 valence electrons. The normalized spacial score (nSPS) is 12.9. The molecule has 1 atom stereocenters. The van der Waals surface area contributed by atoms with E-state index in [2.05, 4.69) is 29.2 Å². The third kappa shape index (κ3) is 4.53. The van der Waals surface area contributed by atoms with Gasteiger partial charge in [-0.25, -0.2) is 9.67 Å². The van der Waals surface area contributed by atoms with Crippen LogP contribution in [0.3, 0.4) is 0 Å². The Balaban J connectivity index is 2.14. The Morgan fingerprint density at radius 2 is 2.31 bits per heavy atom. The van der Waals surface area contributed by atoms with E-state index >= 15 is 0 Å². The maximum absolute atomic E-state index is 4.19. The van der Waals surface area contributed by atoms with Crippen molar-refractivity contribution in [3.05, 3.63) is 6.33 Å². The third-order valence-corrected chi connectivity index (χ3v) is 3.70. The van der Waals surface area contributed by atoms with Gasteiger partial charge in [0.1, 0.15) is 6.33 Å².